The second-order valence-electron chi connectivity index (χ2n) is 6.00. The number of piperidine rings is 1. The Morgan fingerprint density at radius 3 is 2.62 bits per heavy atom. The van der Waals surface area contributed by atoms with Crippen molar-refractivity contribution in [1.29, 1.82) is 0 Å². The van der Waals surface area contributed by atoms with Gasteiger partial charge in [-0.3, -0.25) is 4.79 Å². The molecule has 2 aliphatic heterocycles. The zero-order valence-electron chi connectivity index (χ0n) is 12.3. The first kappa shape index (κ1) is 17.1. The number of thioether (sulfide) groups is 1. The van der Waals surface area contributed by atoms with Crippen molar-refractivity contribution in [2.45, 2.75) is 32.1 Å². The summed E-state index contributed by atoms with van der Waals surface area (Å²) in [6.45, 7) is 1.76. The molecule has 1 amide bonds. The average molecular weight is 335 g/mol. The Labute approximate surface area is 131 Å². The molecule has 6 nitrogen and oxygen atoms in total. The molecule has 8 heteroatoms. The van der Waals surface area contributed by atoms with Gasteiger partial charge in [0.1, 0.15) is 0 Å². The third-order valence-electron chi connectivity index (χ3n) is 4.25. The maximum Gasteiger partial charge on any atom is 0.274 e. The topological polar surface area (TPSA) is 92.5 Å². The van der Waals surface area contributed by atoms with Gasteiger partial charge in [0.15, 0.2) is 0 Å². The quantitative estimate of drug-likeness (QED) is 0.767. The summed E-state index contributed by atoms with van der Waals surface area (Å²) in [5, 5.41) is 4.95. The Balaban J connectivity index is 1.78. The highest BCUT2D eigenvalue weighted by molar-refractivity contribution is 7.99. The molecule has 0 aliphatic carbocycles. The van der Waals surface area contributed by atoms with Gasteiger partial charge < -0.3 is 4.90 Å². The van der Waals surface area contributed by atoms with Crippen LogP contribution in [0.5, 0.6) is 0 Å². The molecule has 3 N–H and O–H groups in total. The fourth-order valence-electron chi connectivity index (χ4n) is 3.02. The Morgan fingerprint density at radius 1 is 1.24 bits per heavy atom. The number of hydrogen-bond donors (Lipinski definition) is 2. The molecule has 21 heavy (non-hydrogen) atoms. The van der Waals surface area contributed by atoms with E-state index in [9.17, 15) is 13.2 Å². The highest BCUT2D eigenvalue weighted by Crippen LogP contribution is 2.26. The van der Waals surface area contributed by atoms with Crippen molar-refractivity contribution in [3.63, 3.8) is 0 Å². The fraction of sp³-hybridized carbons (Fsp3) is 0.923. The van der Waals surface area contributed by atoms with Crippen molar-refractivity contribution in [2.75, 3.05) is 31.1 Å². The molecule has 0 saturated carbocycles. The molecule has 2 aliphatic rings. The number of nitrogens with two attached hydrogens (primary N) is 1. The van der Waals surface area contributed by atoms with E-state index in [1.165, 1.54) is 11.5 Å². The van der Waals surface area contributed by atoms with E-state index in [0.717, 1.165) is 32.2 Å². The second kappa shape index (κ2) is 7.80. The molecule has 1 unspecified atom stereocenters. The first-order valence-corrected chi connectivity index (χ1v) is 10.3. The molecule has 1 atom stereocenters. The molecule has 0 radical (unpaired) electrons. The third-order valence-corrected chi connectivity index (χ3v) is 5.87. The monoisotopic (exact) mass is 335 g/mol. The highest BCUT2D eigenvalue weighted by atomic mass is 32.2. The van der Waals surface area contributed by atoms with Crippen LogP contribution in [0.15, 0.2) is 0 Å². The highest BCUT2D eigenvalue weighted by Gasteiger charge is 2.26. The van der Waals surface area contributed by atoms with Crippen LogP contribution >= 0.6 is 11.8 Å². The minimum Gasteiger partial charge on any atom is -0.342 e. The molecular weight excluding hydrogens is 310 g/mol. The van der Waals surface area contributed by atoms with E-state index >= 15 is 0 Å². The SMILES string of the molecule is NS(=O)(=O)NCC1CCCN(C(=O)CC2CCSCC2)C1. The van der Waals surface area contributed by atoms with Crippen LogP contribution in [0.25, 0.3) is 0 Å². The number of carbonyl (C=O) groups is 1. The Bertz CT molecular complexity index is 450. The van der Waals surface area contributed by atoms with E-state index in [0.29, 0.717) is 25.4 Å². The van der Waals surface area contributed by atoms with Gasteiger partial charge in [-0.25, -0.2) is 9.86 Å². The van der Waals surface area contributed by atoms with E-state index in [1.807, 2.05) is 16.7 Å². The largest absolute Gasteiger partial charge is 0.342 e. The van der Waals surface area contributed by atoms with Crippen molar-refractivity contribution in [2.24, 2.45) is 17.0 Å². The average Bonchev–Trinajstić information content (AvgIpc) is 2.46. The zero-order chi connectivity index (χ0) is 15.3. The molecule has 0 aromatic rings. The van der Waals surface area contributed by atoms with Gasteiger partial charge in [0.25, 0.3) is 10.2 Å². The Kier molecular flexibility index (Phi) is 6.34. The van der Waals surface area contributed by atoms with Gasteiger partial charge in [0.05, 0.1) is 0 Å². The second-order valence-corrected chi connectivity index (χ2v) is 8.60. The van der Waals surface area contributed by atoms with Gasteiger partial charge in [-0.15, -0.1) is 0 Å². The summed E-state index contributed by atoms with van der Waals surface area (Å²) in [6.07, 6.45) is 4.80. The third kappa shape index (κ3) is 6.14. The van der Waals surface area contributed by atoms with Gasteiger partial charge in [-0.2, -0.15) is 20.2 Å². The van der Waals surface area contributed by atoms with Crippen LogP contribution in [0, 0.1) is 11.8 Å². The van der Waals surface area contributed by atoms with E-state index < -0.39 is 10.2 Å². The van der Waals surface area contributed by atoms with Crippen LogP contribution in [0.3, 0.4) is 0 Å². The van der Waals surface area contributed by atoms with Crippen LogP contribution in [-0.2, 0) is 15.0 Å². The number of amides is 1. The van der Waals surface area contributed by atoms with Crippen molar-refractivity contribution in [3.8, 4) is 0 Å². The summed E-state index contributed by atoms with van der Waals surface area (Å²) in [5.41, 5.74) is 0. The molecule has 2 saturated heterocycles. The predicted octanol–water partition coefficient (Wildman–Crippen LogP) is 0.551. The molecule has 0 aromatic heterocycles. The van der Waals surface area contributed by atoms with Gasteiger partial charge in [0.2, 0.25) is 5.91 Å². The van der Waals surface area contributed by atoms with E-state index in [2.05, 4.69) is 4.72 Å². The van der Waals surface area contributed by atoms with E-state index in [-0.39, 0.29) is 11.8 Å². The van der Waals surface area contributed by atoms with Crippen LogP contribution in [0.4, 0.5) is 0 Å². The van der Waals surface area contributed by atoms with Crippen LogP contribution in [0.1, 0.15) is 32.1 Å². The number of likely N-dealkylation sites (tertiary alicyclic amines) is 1. The number of nitrogens with one attached hydrogen (secondary N) is 1. The van der Waals surface area contributed by atoms with Crippen molar-refractivity contribution in [3.05, 3.63) is 0 Å². The molecule has 2 fully saturated rings. The fourth-order valence-corrected chi connectivity index (χ4v) is 4.69. The molecule has 122 valence electrons. The van der Waals surface area contributed by atoms with Crippen LogP contribution in [-0.4, -0.2) is 50.4 Å². The maximum atomic E-state index is 12.4. The minimum absolute atomic E-state index is 0.169. The van der Waals surface area contributed by atoms with Crippen LogP contribution < -0.4 is 9.86 Å². The van der Waals surface area contributed by atoms with Gasteiger partial charge in [-0.1, -0.05) is 0 Å². The summed E-state index contributed by atoms with van der Waals surface area (Å²) in [6, 6.07) is 0. The molecule has 0 spiro atoms. The summed E-state index contributed by atoms with van der Waals surface area (Å²) >= 11 is 1.97. The summed E-state index contributed by atoms with van der Waals surface area (Å²) in [5.74, 6) is 3.26. The Morgan fingerprint density at radius 2 is 1.95 bits per heavy atom. The molecule has 0 aromatic carbocycles. The van der Waals surface area contributed by atoms with Gasteiger partial charge >= 0.3 is 0 Å². The molecular formula is C13H25N3O3S2. The van der Waals surface area contributed by atoms with Gasteiger partial charge in [-0.05, 0) is 49.0 Å². The van der Waals surface area contributed by atoms with E-state index in [1.54, 1.807) is 0 Å². The minimum atomic E-state index is -3.64. The van der Waals surface area contributed by atoms with Gasteiger partial charge in [0, 0.05) is 26.1 Å². The number of rotatable bonds is 5. The lowest BCUT2D eigenvalue weighted by Crippen LogP contribution is -2.45. The smallest absolute Gasteiger partial charge is 0.274 e. The van der Waals surface area contributed by atoms with Crippen LogP contribution in [0.2, 0.25) is 0 Å². The van der Waals surface area contributed by atoms with Crippen molar-refractivity contribution >= 4 is 27.9 Å². The summed E-state index contributed by atoms with van der Waals surface area (Å²) in [7, 11) is -3.64. The van der Waals surface area contributed by atoms with Crippen molar-refractivity contribution in [1.82, 2.24) is 9.62 Å². The summed E-state index contributed by atoms with van der Waals surface area (Å²) in [4.78, 5) is 14.3. The standard InChI is InChI=1S/C13H25N3O3S2/c14-21(18,19)15-9-12-2-1-5-16(10-12)13(17)8-11-3-6-20-7-4-11/h11-12,15H,1-10H2,(H2,14,18,19). The first-order valence-electron chi connectivity index (χ1n) is 7.57. The van der Waals surface area contributed by atoms with Crippen molar-refractivity contribution < 1.29 is 13.2 Å². The zero-order valence-corrected chi connectivity index (χ0v) is 13.9. The van der Waals surface area contributed by atoms with E-state index in [4.69, 9.17) is 5.14 Å². The molecule has 2 rings (SSSR count). The predicted molar refractivity (Wildman–Crippen MR) is 85.1 cm³/mol. The number of carbonyl (C=O) groups excluding carboxylic acids is 1. The normalized spacial score (nSPS) is 25.0. The molecule has 2 heterocycles. The number of nitrogens with zero attached hydrogens (tertiary/aromatic N) is 1. The first-order chi connectivity index (χ1) is 9.94. The lowest BCUT2D eigenvalue weighted by molar-refractivity contribution is -0.134. The maximum absolute atomic E-state index is 12.4. The number of hydrogen-bond acceptors (Lipinski definition) is 4. The lowest BCUT2D eigenvalue weighted by atomic mass is 9.95. The Hall–Kier alpha value is -0.310. The molecule has 0 bridgehead atoms. The summed E-state index contributed by atoms with van der Waals surface area (Å²) < 4.78 is 24.2. The lowest BCUT2D eigenvalue weighted by Gasteiger charge is -2.34.